The molecule has 2 aromatic heterocycles. The lowest BCUT2D eigenvalue weighted by Crippen LogP contribution is -2.05. The summed E-state index contributed by atoms with van der Waals surface area (Å²) in [4.78, 5) is 12.9. The molecule has 2 heterocycles. The molecule has 0 unspecified atom stereocenters. The molecule has 0 aliphatic heterocycles. The molecule has 0 amide bonds. The zero-order chi connectivity index (χ0) is 17.3. The molecule has 0 aliphatic carbocycles. The third-order valence-electron chi connectivity index (χ3n) is 3.59. The number of halogens is 1. The van der Waals surface area contributed by atoms with E-state index in [-0.39, 0.29) is 5.97 Å². The van der Waals surface area contributed by atoms with Crippen molar-refractivity contribution in [1.82, 2.24) is 30.0 Å². The smallest absolute Gasteiger partial charge is 0.337 e. The highest BCUT2D eigenvalue weighted by Gasteiger charge is 2.14. The lowest BCUT2D eigenvalue weighted by Gasteiger charge is -2.00. The lowest BCUT2D eigenvalue weighted by molar-refractivity contribution is 0.0601. The summed E-state index contributed by atoms with van der Waals surface area (Å²) < 4.78 is 6.28. The van der Waals surface area contributed by atoms with E-state index in [1.807, 2.05) is 6.92 Å². The van der Waals surface area contributed by atoms with Gasteiger partial charge in [0.2, 0.25) is 5.82 Å². The molecular formula is C15H15ClN6O2. The number of esters is 1. The van der Waals surface area contributed by atoms with E-state index in [2.05, 4.69) is 25.2 Å². The first-order valence-electron chi connectivity index (χ1n) is 7.14. The van der Waals surface area contributed by atoms with E-state index in [9.17, 15) is 4.79 Å². The molecule has 9 heteroatoms. The van der Waals surface area contributed by atoms with Gasteiger partial charge < -0.3 is 4.74 Å². The molecule has 0 spiro atoms. The second kappa shape index (κ2) is 6.40. The summed E-state index contributed by atoms with van der Waals surface area (Å²) in [6, 6.07) is 6.81. The van der Waals surface area contributed by atoms with Gasteiger partial charge in [0.15, 0.2) is 0 Å². The summed E-state index contributed by atoms with van der Waals surface area (Å²) in [7, 11) is 3.12. The zero-order valence-corrected chi connectivity index (χ0v) is 14.2. The molecule has 0 saturated heterocycles. The average Bonchev–Trinajstić information content (AvgIpc) is 3.15. The minimum Gasteiger partial charge on any atom is -0.465 e. The van der Waals surface area contributed by atoms with E-state index in [0.717, 1.165) is 16.8 Å². The van der Waals surface area contributed by atoms with Crippen molar-refractivity contribution in [3.05, 3.63) is 46.2 Å². The van der Waals surface area contributed by atoms with E-state index in [1.165, 1.54) is 11.9 Å². The molecule has 124 valence electrons. The Morgan fingerprint density at radius 3 is 2.54 bits per heavy atom. The fourth-order valence-corrected chi connectivity index (χ4v) is 2.53. The number of aryl methyl sites for hydroxylation is 2. The fourth-order valence-electron chi connectivity index (χ4n) is 2.29. The van der Waals surface area contributed by atoms with Crippen molar-refractivity contribution in [2.45, 2.75) is 13.5 Å². The highest BCUT2D eigenvalue weighted by Crippen LogP contribution is 2.20. The summed E-state index contributed by atoms with van der Waals surface area (Å²) in [5.41, 5.74) is 2.89. The maximum Gasteiger partial charge on any atom is 0.337 e. The van der Waals surface area contributed by atoms with Crippen LogP contribution in [0.5, 0.6) is 0 Å². The van der Waals surface area contributed by atoms with Crippen LogP contribution in [0.3, 0.4) is 0 Å². The van der Waals surface area contributed by atoms with Crippen LogP contribution in [0.25, 0.3) is 11.4 Å². The Hall–Kier alpha value is -2.74. The molecular weight excluding hydrogens is 332 g/mol. The number of hydrogen-bond acceptors (Lipinski definition) is 6. The van der Waals surface area contributed by atoms with Crippen LogP contribution in [0, 0.1) is 6.92 Å². The van der Waals surface area contributed by atoms with Gasteiger partial charge in [0.25, 0.3) is 0 Å². The highest BCUT2D eigenvalue weighted by atomic mass is 35.5. The number of hydrogen-bond donors (Lipinski definition) is 0. The maximum absolute atomic E-state index is 11.4. The zero-order valence-electron chi connectivity index (χ0n) is 13.4. The molecule has 0 atom stereocenters. The first-order chi connectivity index (χ1) is 11.5. The first-order valence-corrected chi connectivity index (χ1v) is 7.52. The van der Waals surface area contributed by atoms with Crippen molar-refractivity contribution in [2.24, 2.45) is 7.05 Å². The molecule has 3 aromatic rings. The van der Waals surface area contributed by atoms with Gasteiger partial charge in [-0.3, -0.25) is 4.68 Å². The monoisotopic (exact) mass is 346 g/mol. The molecule has 0 radical (unpaired) electrons. The average molecular weight is 347 g/mol. The molecule has 24 heavy (non-hydrogen) atoms. The van der Waals surface area contributed by atoms with Crippen LogP contribution in [0.2, 0.25) is 5.15 Å². The van der Waals surface area contributed by atoms with Gasteiger partial charge in [0.05, 0.1) is 24.9 Å². The Balaban J connectivity index is 1.81. The number of tetrazole rings is 1. The standard InChI is InChI=1S/C15H15ClN6O2/c1-9-12(13(16)21(2)18-9)8-22-19-14(17-20-22)10-4-6-11(7-5-10)15(23)24-3/h4-7H,8H2,1-3H3. The number of methoxy groups -OCH3 is 1. The third-order valence-corrected chi connectivity index (χ3v) is 4.06. The number of ether oxygens (including phenoxy) is 1. The molecule has 0 bridgehead atoms. The van der Waals surface area contributed by atoms with Gasteiger partial charge in [0, 0.05) is 18.2 Å². The Bertz CT molecular complexity index is 884. The summed E-state index contributed by atoms with van der Waals surface area (Å²) in [6.07, 6.45) is 0. The second-order valence-corrected chi connectivity index (χ2v) is 5.55. The van der Waals surface area contributed by atoms with Gasteiger partial charge >= 0.3 is 5.97 Å². The van der Waals surface area contributed by atoms with Crippen molar-refractivity contribution in [1.29, 1.82) is 0 Å². The number of carbonyl (C=O) groups excluding carboxylic acids is 1. The lowest BCUT2D eigenvalue weighted by atomic mass is 10.1. The summed E-state index contributed by atoms with van der Waals surface area (Å²) in [5, 5.41) is 17.2. The van der Waals surface area contributed by atoms with Gasteiger partial charge in [-0.15, -0.1) is 10.2 Å². The van der Waals surface area contributed by atoms with Gasteiger partial charge in [-0.25, -0.2) is 4.79 Å². The van der Waals surface area contributed by atoms with Gasteiger partial charge in [-0.05, 0) is 24.3 Å². The van der Waals surface area contributed by atoms with Gasteiger partial charge in [-0.1, -0.05) is 23.7 Å². The quantitative estimate of drug-likeness (QED) is 0.670. The minimum absolute atomic E-state index is 0.381. The number of rotatable bonds is 4. The Kier molecular flexibility index (Phi) is 4.30. The van der Waals surface area contributed by atoms with Crippen molar-refractivity contribution in [2.75, 3.05) is 7.11 Å². The first kappa shape index (κ1) is 16.1. The molecule has 0 saturated carbocycles. The maximum atomic E-state index is 11.4. The molecule has 8 nitrogen and oxygen atoms in total. The van der Waals surface area contributed by atoms with E-state index in [1.54, 1.807) is 36.0 Å². The topological polar surface area (TPSA) is 87.7 Å². The Labute approximate surface area is 143 Å². The second-order valence-electron chi connectivity index (χ2n) is 5.19. The highest BCUT2D eigenvalue weighted by molar-refractivity contribution is 6.30. The van der Waals surface area contributed by atoms with Crippen LogP contribution in [0.1, 0.15) is 21.6 Å². The van der Waals surface area contributed by atoms with E-state index in [0.29, 0.717) is 23.1 Å². The largest absolute Gasteiger partial charge is 0.465 e. The molecule has 3 rings (SSSR count). The predicted molar refractivity (Wildman–Crippen MR) is 86.6 cm³/mol. The molecule has 0 fully saturated rings. The minimum atomic E-state index is -0.389. The number of nitrogens with zero attached hydrogens (tertiary/aromatic N) is 6. The van der Waals surface area contributed by atoms with Crippen molar-refractivity contribution in [3.63, 3.8) is 0 Å². The molecule has 0 N–H and O–H groups in total. The van der Waals surface area contributed by atoms with Gasteiger partial charge in [0.1, 0.15) is 5.15 Å². The fraction of sp³-hybridized carbons (Fsp3) is 0.267. The van der Waals surface area contributed by atoms with E-state index < -0.39 is 0 Å². The number of benzene rings is 1. The summed E-state index contributed by atoms with van der Waals surface area (Å²) in [5.74, 6) is 0.0731. The Morgan fingerprint density at radius 1 is 1.25 bits per heavy atom. The number of aromatic nitrogens is 6. The van der Waals surface area contributed by atoms with E-state index >= 15 is 0 Å². The third kappa shape index (κ3) is 3.00. The van der Waals surface area contributed by atoms with Crippen molar-refractivity contribution in [3.8, 4) is 11.4 Å². The van der Waals surface area contributed by atoms with Crippen molar-refractivity contribution < 1.29 is 9.53 Å². The van der Waals surface area contributed by atoms with Crippen LogP contribution in [0.4, 0.5) is 0 Å². The van der Waals surface area contributed by atoms with Crippen molar-refractivity contribution >= 4 is 17.6 Å². The van der Waals surface area contributed by atoms with Crippen LogP contribution in [-0.4, -0.2) is 43.1 Å². The Morgan fingerprint density at radius 2 is 1.96 bits per heavy atom. The SMILES string of the molecule is COC(=O)c1ccc(-c2nnn(Cc3c(C)nn(C)c3Cl)n2)cc1. The van der Waals surface area contributed by atoms with Gasteiger partial charge in [-0.2, -0.15) is 9.90 Å². The summed E-state index contributed by atoms with van der Waals surface area (Å²) in [6.45, 7) is 2.26. The molecule has 1 aromatic carbocycles. The van der Waals surface area contributed by atoms with Crippen LogP contribution in [-0.2, 0) is 18.3 Å². The molecule has 0 aliphatic rings. The van der Waals surface area contributed by atoms with Crippen LogP contribution in [0.15, 0.2) is 24.3 Å². The van der Waals surface area contributed by atoms with Crippen LogP contribution < -0.4 is 0 Å². The summed E-state index contributed by atoms with van der Waals surface area (Å²) >= 11 is 6.22. The van der Waals surface area contributed by atoms with Crippen LogP contribution >= 0.6 is 11.6 Å². The predicted octanol–water partition coefficient (Wildman–Crippen LogP) is 1.87. The number of carbonyl (C=O) groups is 1. The van der Waals surface area contributed by atoms with E-state index in [4.69, 9.17) is 11.6 Å². The normalized spacial score (nSPS) is 10.8.